The van der Waals surface area contributed by atoms with E-state index in [1.807, 2.05) is 0 Å². The Kier molecular flexibility index (Phi) is 6.50. The summed E-state index contributed by atoms with van der Waals surface area (Å²) in [5.74, 6) is -2.68. The van der Waals surface area contributed by atoms with Crippen LogP contribution in [-0.2, 0) is 6.54 Å². The molecule has 6 rings (SSSR count). The number of nitrogens with one attached hydrogen (secondary N) is 2. The van der Waals surface area contributed by atoms with Gasteiger partial charge in [-0.15, -0.1) is 5.10 Å². The summed E-state index contributed by atoms with van der Waals surface area (Å²) < 4.78 is 85.8. The first-order chi connectivity index (χ1) is 19.0. The molecule has 4 aromatic rings. The van der Waals surface area contributed by atoms with Crippen molar-refractivity contribution in [1.82, 2.24) is 34.0 Å². The van der Waals surface area contributed by atoms with E-state index >= 15 is 8.78 Å². The summed E-state index contributed by atoms with van der Waals surface area (Å²) in [6.45, 7) is 1.48. The molecule has 40 heavy (non-hydrogen) atoms. The van der Waals surface area contributed by atoms with Gasteiger partial charge in [-0.3, -0.25) is 4.90 Å². The molecule has 15 heteroatoms. The van der Waals surface area contributed by atoms with Gasteiger partial charge in [-0.05, 0) is 25.5 Å². The Balaban J connectivity index is 1.29. The zero-order valence-electron chi connectivity index (χ0n) is 21.7. The lowest BCUT2D eigenvalue weighted by atomic mass is 9.85. The highest BCUT2D eigenvalue weighted by Gasteiger charge is 2.49. The minimum absolute atomic E-state index is 0.0254. The minimum atomic E-state index is -2.67. The normalized spacial score (nSPS) is 21.8. The van der Waals surface area contributed by atoms with E-state index in [1.165, 1.54) is 9.08 Å². The summed E-state index contributed by atoms with van der Waals surface area (Å²) in [5.41, 5.74) is 1.10. The number of piperidine rings is 1. The topological polar surface area (TPSA) is 88.2 Å². The number of hydrogen-bond donors (Lipinski definition) is 2. The van der Waals surface area contributed by atoms with Gasteiger partial charge in [0.2, 0.25) is 5.95 Å². The molecule has 4 aromatic heterocycles. The maximum absolute atomic E-state index is 15.3. The average molecular weight is 568 g/mol. The predicted octanol–water partition coefficient (Wildman–Crippen LogP) is 4.52. The monoisotopic (exact) mass is 567 g/mol. The van der Waals surface area contributed by atoms with Gasteiger partial charge >= 0.3 is 0 Å². The minimum Gasteiger partial charge on any atom is -0.371 e. The molecule has 1 aliphatic heterocycles. The molecular weight excluding hydrogens is 540 g/mol. The van der Waals surface area contributed by atoms with Crippen LogP contribution in [0.4, 0.5) is 38.1 Å². The van der Waals surface area contributed by atoms with Crippen LogP contribution in [0.5, 0.6) is 0 Å². The maximum atomic E-state index is 15.3. The van der Waals surface area contributed by atoms with E-state index < -0.39 is 36.9 Å². The van der Waals surface area contributed by atoms with Crippen molar-refractivity contribution >= 4 is 28.4 Å². The second-order valence-electron chi connectivity index (χ2n) is 10.3. The van der Waals surface area contributed by atoms with Crippen molar-refractivity contribution in [3.63, 3.8) is 0 Å². The van der Waals surface area contributed by atoms with E-state index in [0.29, 0.717) is 24.3 Å². The summed E-state index contributed by atoms with van der Waals surface area (Å²) in [6.07, 6.45) is -2.96. The number of alkyl halides is 5. The fraction of sp³-hybridized carbons (Fsp3) is 0.520. The summed E-state index contributed by atoms with van der Waals surface area (Å²) >= 11 is 0. The number of rotatable bonds is 7. The highest BCUT2D eigenvalue weighted by atomic mass is 19.3. The van der Waals surface area contributed by atoms with Gasteiger partial charge in [0.05, 0.1) is 30.0 Å². The molecule has 5 heterocycles. The molecule has 2 fully saturated rings. The number of nitrogens with zero attached hydrogens (tertiary/aromatic N) is 7. The van der Waals surface area contributed by atoms with Crippen LogP contribution >= 0.6 is 0 Å². The van der Waals surface area contributed by atoms with Crippen molar-refractivity contribution in [2.45, 2.75) is 63.3 Å². The predicted molar refractivity (Wildman–Crippen MR) is 136 cm³/mol. The molecule has 0 bridgehead atoms. The van der Waals surface area contributed by atoms with Gasteiger partial charge in [-0.2, -0.15) is 4.98 Å². The zero-order chi connectivity index (χ0) is 28.3. The first-order valence-corrected chi connectivity index (χ1v) is 12.9. The van der Waals surface area contributed by atoms with Crippen LogP contribution in [0, 0.1) is 12.7 Å². The standard InChI is InChI=1S/C25H27F6N9/c1-12-33-18-4-3-17(34-23(18)39(12)11-19(28)29)20-15(27)10-40-21(20)22(32-2)36-24(37-40)35-16-5-6-38(9-14(16)26)13-7-25(30,31)8-13/h3-4,10,13-14,16,19H,5-9,11H2,1-2H3,(H2,32,35,36,37)/t14-,16+/m1/s1. The van der Waals surface area contributed by atoms with Crippen molar-refractivity contribution in [3.8, 4) is 11.3 Å². The number of aromatic nitrogens is 6. The smallest absolute Gasteiger partial charge is 0.256 e. The molecular formula is C25H27F6N9. The molecule has 2 N–H and O–H groups in total. The molecule has 2 aliphatic rings. The zero-order valence-corrected chi connectivity index (χ0v) is 21.7. The molecule has 9 nitrogen and oxygen atoms in total. The Morgan fingerprint density at radius 3 is 2.60 bits per heavy atom. The van der Waals surface area contributed by atoms with Crippen LogP contribution in [0.15, 0.2) is 18.3 Å². The quantitative estimate of drug-likeness (QED) is 0.318. The number of pyridine rings is 1. The van der Waals surface area contributed by atoms with Crippen molar-refractivity contribution < 1.29 is 26.3 Å². The number of likely N-dealkylation sites (tertiary alicyclic amines) is 1. The fourth-order valence-corrected chi connectivity index (χ4v) is 5.62. The van der Waals surface area contributed by atoms with Gasteiger partial charge in [0.15, 0.2) is 17.3 Å². The third kappa shape index (κ3) is 4.69. The van der Waals surface area contributed by atoms with Gasteiger partial charge in [0, 0.05) is 39.0 Å². The molecule has 214 valence electrons. The van der Waals surface area contributed by atoms with Crippen LogP contribution in [0.1, 0.15) is 25.1 Å². The molecule has 2 atom stereocenters. The molecule has 0 amide bonds. The van der Waals surface area contributed by atoms with E-state index in [4.69, 9.17) is 0 Å². The molecule has 0 spiro atoms. The van der Waals surface area contributed by atoms with Gasteiger partial charge in [-0.1, -0.05) is 0 Å². The van der Waals surface area contributed by atoms with Crippen molar-refractivity contribution in [2.75, 3.05) is 30.8 Å². The summed E-state index contributed by atoms with van der Waals surface area (Å²) in [4.78, 5) is 14.9. The van der Waals surface area contributed by atoms with Crippen molar-refractivity contribution in [1.29, 1.82) is 0 Å². The Morgan fingerprint density at radius 2 is 1.93 bits per heavy atom. The Morgan fingerprint density at radius 1 is 1.15 bits per heavy atom. The van der Waals surface area contributed by atoms with Gasteiger partial charge < -0.3 is 15.2 Å². The Bertz CT molecular complexity index is 1560. The molecule has 1 aliphatic carbocycles. The van der Waals surface area contributed by atoms with Gasteiger partial charge in [-0.25, -0.2) is 40.8 Å². The number of hydrogen-bond acceptors (Lipinski definition) is 7. The molecule has 1 saturated heterocycles. The summed E-state index contributed by atoms with van der Waals surface area (Å²) in [6, 6.07) is 2.17. The number of anilines is 2. The van der Waals surface area contributed by atoms with Crippen LogP contribution in [0.2, 0.25) is 0 Å². The second kappa shape index (κ2) is 9.78. The van der Waals surface area contributed by atoms with Crippen LogP contribution in [-0.4, -0.2) is 84.8 Å². The Labute approximate surface area is 224 Å². The molecule has 1 saturated carbocycles. The third-order valence-electron chi connectivity index (χ3n) is 7.65. The number of fused-ring (bicyclic) bond motifs is 2. The SMILES string of the molecule is CNc1nc(N[C@H]2CCN(C3CC(F)(F)C3)C[C@H]2F)nn2cc(F)c(-c3ccc4nc(C)n(CC(F)F)c4n3)c12. The first kappa shape index (κ1) is 26.6. The third-order valence-corrected chi connectivity index (χ3v) is 7.65. The Hall–Kier alpha value is -3.62. The number of aryl methyl sites for hydroxylation is 1. The van der Waals surface area contributed by atoms with E-state index in [0.717, 1.165) is 6.20 Å². The van der Waals surface area contributed by atoms with Crippen LogP contribution in [0.3, 0.4) is 0 Å². The second-order valence-corrected chi connectivity index (χ2v) is 10.3. The molecule has 0 unspecified atom stereocenters. The lowest BCUT2D eigenvalue weighted by molar-refractivity contribution is -0.131. The van der Waals surface area contributed by atoms with Crippen molar-refractivity contribution in [3.05, 3.63) is 30.0 Å². The van der Waals surface area contributed by atoms with Crippen molar-refractivity contribution in [2.24, 2.45) is 0 Å². The molecule has 0 radical (unpaired) electrons. The van der Waals surface area contributed by atoms with Crippen LogP contribution < -0.4 is 10.6 Å². The lowest BCUT2D eigenvalue weighted by Gasteiger charge is -2.46. The van der Waals surface area contributed by atoms with Crippen LogP contribution in [0.25, 0.3) is 27.9 Å². The summed E-state index contributed by atoms with van der Waals surface area (Å²) in [5, 5.41) is 10.2. The average Bonchev–Trinajstić information content (AvgIpc) is 3.37. The highest BCUT2D eigenvalue weighted by molar-refractivity contribution is 5.89. The van der Waals surface area contributed by atoms with E-state index in [-0.39, 0.29) is 59.6 Å². The largest absolute Gasteiger partial charge is 0.371 e. The fourth-order valence-electron chi connectivity index (χ4n) is 5.62. The van der Waals surface area contributed by atoms with E-state index in [1.54, 1.807) is 31.0 Å². The van der Waals surface area contributed by atoms with E-state index in [9.17, 15) is 17.6 Å². The number of imidazole rings is 1. The number of halogens is 6. The maximum Gasteiger partial charge on any atom is 0.256 e. The summed E-state index contributed by atoms with van der Waals surface area (Å²) in [7, 11) is 1.59. The van der Waals surface area contributed by atoms with E-state index in [2.05, 4.69) is 30.7 Å². The van der Waals surface area contributed by atoms with Gasteiger partial charge in [0.25, 0.3) is 12.3 Å². The van der Waals surface area contributed by atoms with Gasteiger partial charge in [0.1, 0.15) is 23.0 Å². The highest BCUT2D eigenvalue weighted by Crippen LogP contribution is 2.41. The first-order valence-electron chi connectivity index (χ1n) is 12.9. The lowest BCUT2D eigenvalue weighted by Crippen LogP contribution is -2.57. The molecule has 0 aromatic carbocycles.